The van der Waals surface area contributed by atoms with Gasteiger partial charge in [0.1, 0.15) is 23.7 Å². The Morgan fingerprint density at radius 2 is 1.86 bits per heavy atom. The Morgan fingerprint density at radius 1 is 1.06 bits per heavy atom. The van der Waals surface area contributed by atoms with Gasteiger partial charge < -0.3 is 29.0 Å². The summed E-state index contributed by atoms with van der Waals surface area (Å²) in [5, 5.41) is 20.9. The van der Waals surface area contributed by atoms with E-state index in [1.165, 1.54) is 5.56 Å². The predicted molar refractivity (Wildman–Crippen MR) is 187 cm³/mol. The maximum absolute atomic E-state index is 12.3. The molecule has 2 aromatic heterocycles. The number of hydrogen-bond donors (Lipinski definition) is 1. The Morgan fingerprint density at radius 3 is 2.57 bits per heavy atom. The van der Waals surface area contributed by atoms with Gasteiger partial charge in [0.2, 0.25) is 0 Å². The number of anilines is 1. The van der Waals surface area contributed by atoms with E-state index in [-0.39, 0.29) is 18.7 Å². The third-order valence-electron chi connectivity index (χ3n) is 8.84. The van der Waals surface area contributed by atoms with Crippen LogP contribution in [0.25, 0.3) is 11.2 Å². The summed E-state index contributed by atoms with van der Waals surface area (Å²) in [6.07, 6.45) is 1.44. The number of aliphatic hydroxyl groups is 1. The van der Waals surface area contributed by atoms with Crippen LogP contribution in [0.1, 0.15) is 76.5 Å². The molecule has 2 heterocycles. The third kappa shape index (κ3) is 8.11. The van der Waals surface area contributed by atoms with Gasteiger partial charge in [-0.1, -0.05) is 54.2 Å². The highest BCUT2D eigenvalue weighted by atomic mass is 32.2. The number of carbonyl (C=O) groups is 1. The van der Waals surface area contributed by atoms with Gasteiger partial charge in [-0.15, -0.1) is 5.10 Å². The summed E-state index contributed by atoms with van der Waals surface area (Å²) in [6.45, 7) is 7.85. The van der Waals surface area contributed by atoms with E-state index in [9.17, 15) is 9.90 Å². The molecule has 13 heteroatoms. The summed E-state index contributed by atoms with van der Waals surface area (Å²) in [5.41, 5.74) is 2.87. The number of methoxy groups -OCH3 is 2. The summed E-state index contributed by atoms with van der Waals surface area (Å²) >= 11 is 1.60. The Balaban J connectivity index is 1.35. The van der Waals surface area contributed by atoms with Crippen molar-refractivity contribution in [3.8, 4) is 11.5 Å². The van der Waals surface area contributed by atoms with Crippen molar-refractivity contribution in [3.63, 3.8) is 0 Å². The number of nitrogens with zero attached hydrogens (tertiary/aromatic N) is 6. The summed E-state index contributed by atoms with van der Waals surface area (Å²) in [6, 6.07) is 16.4. The fourth-order valence-corrected chi connectivity index (χ4v) is 7.17. The van der Waals surface area contributed by atoms with Gasteiger partial charge in [-0.05, 0) is 64.2 Å². The molecule has 5 atom stereocenters. The van der Waals surface area contributed by atoms with E-state index in [2.05, 4.69) is 46.4 Å². The highest BCUT2D eigenvalue weighted by Gasteiger charge is 2.45. The average Bonchev–Trinajstić information content (AvgIpc) is 3.62. The SMILES string of the molecule is CCCSc1nc(N(Cc2ccc(OC)cc2OC)C2CC2c2ccccc2)c2nnn([C@@H]3C[C@@H](O)[C@H](OCC(=O)OC(C)(C)C)C3)c2n1. The van der Waals surface area contributed by atoms with Crippen molar-refractivity contribution in [1.82, 2.24) is 25.0 Å². The quantitative estimate of drug-likeness (QED) is 0.0985. The Bertz CT molecular complexity index is 1750. The third-order valence-corrected chi connectivity index (χ3v) is 9.89. The highest BCUT2D eigenvalue weighted by Crippen LogP contribution is 2.48. The minimum atomic E-state index is -0.779. The molecule has 12 nitrogen and oxygen atoms in total. The second-order valence-electron chi connectivity index (χ2n) is 13.6. The van der Waals surface area contributed by atoms with Gasteiger partial charge in [0.15, 0.2) is 22.1 Å². The number of ether oxygens (including phenoxy) is 4. The van der Waals surface area contributed by atoms with E-state index < -0.39 is 23.8 Å². The first-order valence-corrected chi connectivity index (χ1v) is 17.9. The van der Waals surface area contributed by atoms with E-state index >= 15 is 0 Å². The van der Waals surface area contributed by atoms with E-state index in [4.69, 9.17) is 28.9 Å². The van der Waals surface area contributed by atoms with Crippen LogP contribution in [0, 0.1) is 0 Å². The van der Waals surface area contributed by atoms with Crippen LogP contribution in [0.3, 0.4) is 0 Å². The second kappa shape index (κ2) is 14.9. The van der Waals surface area contributed by atoms with Crippen molar-refractivity contribution in [1.29, 1.82) is 0 Å². The fraction of sp³-hybridized carbons (Fsp3) is 0.528. The van der Waals surface area contributed by atoms with Gasteiger partial charge >= 0.3 is 5.97 Å². The Kier molecular flexibility index (Phi) is 10.6. The first-order chi connectivity index (χ1) is 23.6. The van der Waals surface area contributed by atoms with Crippen LogP contribution in [0.5, 0.6) is 11.5 Å². The van der Waals surface area contributed by atoms with Crippen molar-refractivity contribution in [2.75, 3.05) is 31.5 Å². The molecule has 0 saturated heterocycles. The van der Waals surface area contributed by atoms with Crippen molar-refractivity contribution in [2.45, 2.75) is 101 Å². The molecule has 1 N–H and O–H groups in total. The first kappa shape index (κ1) is 34.9. The molecular weight excluding hydrogens is 644 g/mol. The highest BCUT2D eigenvalue weighted by molar-refractivity contribution is 7.99. The fourth-order valence-electron chi connectivity index (χ4n) is 6.48. The molecule has 6 rings (SSSR count). The van der Waals surface area contributed by atoms with E-state index in [0.717, 1.165) is 35.7 Å². The molecule has 0 radical (unpaired) electrons. The Hall–Kier alpha value is -3.94. The van der Waals surface area contributed by atoms with Gasteiger partial charge in [0.25, 0.3) is 0 Å². The van der Waals surface area contributed by atoms with E-state index in [1.807, 2.05) is 45.0 Å². The number of aliphatic hydroxyl groups excluding tert-OH is 1. The number of rotatable bonds is 14. The summed E-state index contributed by atoms with van der Waals surface area (Å²) < 4.78 is 24.3. The van der Waals surface area contributed by atoms with Gasteiger partial charge in [-0.2, -0.15) is 0 Å². The molecule has 49 heavy (non-hydrogen) atoms. The zero-order valence-electron chi connectivity index (χ0n) is 29.0. The molecule has 2 saturated carbocycles. The summed E-state index contributed by atoms with van der Waals surface area (Å²) in [4.78, 5) is 24.7. The molecule has 0 bridgehead atoms. The van der Waals surface area contributed by atoms with Crippen molar-refractivity contribution < 1.29 is 28.8 Å². The molecule has 262 valence electrons. The second-order valence-corrected chi connectivity index (χ2v) is 14.7. The molecule has 4 aromatic rings. The normalized spacial score (nSPS) is 21.9. The van der Waals surface area contributed by atoms with Crippen molar-refractivity contribution in [2.24, 2.45) is 0 Å². The smallest absolute Gasteiger partial charge is 0.332 e. The number of thioether (sulfide) groups is 1. The number of aromatic nitrogens is 5. The standard InChI is InChI=1S/C36H46N6O6S/c1-7-15-49-35-37-33(32-34(38-35)42(40-39-32)24-16-28(43)30(17-24)47-21-31(44)48-36(2,3)4)41(27-19-26(27)22-11-9-8-10-12-22)20-23-13-14-25(45-5)18-29(23)46-6/h8-14,18,24,26-28,30,43H,7,15-17,19-21H2,1-6H3/t24-,26?,27?,28-,30-/m1/s1. The molecule has 2 aromatic carbocycles. The molecule has 0 spiro atoms. The minimum absolute atomic E-state index is 0.167. The van der Waals surface area contributed by atoms with Crippen LogP contribution < -0.4 is 14.4 Å². The lowest BCUT2D eigenvalue weighted by atomic mass is 10.1. The lowest BCUT2D eigenvalue weighted by Crippen LogP contribution is -2.30. The van der Waals surface area contributed by atoms with Crippen LogP contribution in [-0.2, 0) is 20.8 Å². The maximum Gasteiger partial charge on any atom is 0.332 e. The number of benzene rings is 2. The van der Waals surface area contributed by atoms with Crippen LogP contribution >= 0.6 is 11.8 Å². The van der Waals surface area contributed by atoms with Crippen LogP contribution in [0.2, 0.25) is 0 Å². The zero-order valence-corrected chi connectivity index (χ0v) is 29.9. The van der Waals surface area contributed by atoms with Crippen LogP contribution in [0.4, 0.5) is 5.82 Å². The van der Waals surface area contributed by atoms with Crippen molar-refractivity contribution in [3.05, 3.63) is 59.7 Å². The van der Waals surface area contributed by atoms with E-state index in [0.29, 0.717) is 47.4 Å². The summed E-state index contributed by atoms with van der Waals surface area (Å²) in [5.74, 6) is 2.88. The molecule has 0 amide bonds. The first-order valence-electron chi connectivity index (χ1n) is 16.9. The molecular formula is C36H46N6O6S. The Labute approximate surface area is 291 Å². The van der Waals surface area contributed by atoms with Gasteiger partial charge in [-0.3, -0.25) is 0 Å². The number of esters is 1. The number of fused-ring (bicyclic) bond motifs is 1. The lowest BCUT2D eigenvalue weighted by molar-refractivity contribution is -0.163. The number of carbonyl (C=O) groups excluding carboxylic acids is 1. The van der Waals surface area contributed by atoms with E-state index in [1.54, 1.807) is 30.7 Å². The zero-order chi connectivity index (χ0) is 34.7. The number of hydrogen-bond acceptors (Lipinski definition) is 12. The van der Waals surface area contributed by atoms with Crippen LogP contribution in [-0.4, -0.2) is 86.5 Å². The average molecular weight is 691 g/mol. The topological polar surface area (TPSA) is 134 Å². The molecule has 0 aliphatic heterocycles. The maximum atomic E-state index is 12.3. The predicted octanol–water partition coefficient (Wildman–Crippen LogP) is 5.73. The lowest BCUT2D eigenvalue weighted by Gasteiger charge is -2.26. The molecule has 2 aliphatic rings. The van der Waals surface area contributed by atoms with Gasteiger partial charge in [0, 0.05) is 35.9 Å². The molecule has 2 aliphatic carbocycles. The monoisotopic (exact) mass is 690 g/mol. The minimum Gasteiger partial charge on any atom is -0.497 e. The largest absolute Gasteiger partial charge is 0.497 e. The van der Waals surface area contributed by atoms with Gasteiger partial charge in [-0.25, -0.2) is 19.4 Å². The molecule has 2 fully saturated rings. The van der Waals surface area contributed by atoms with Crippen molar-refractivity contribution >= 4 is 34.7 Å². The van der Waals surface area contributed by atoms with Crippen LogP contribution in [0.15, 0.2) is 53.7 Å². The molecule has 2 unspecified atom stereocenters. The van der Waals surface area contributed by atoms with Gasteiger partial charge in [0.05, 0.1) is 32.5 Å². The summed E-state index contributed by atoms with van der Waals surface area (Å²) in [7, 11) is 3.31.